The summed E-state index contributed by atoms with van der Waals surface area (Å²) in [5.74, 6) is -0.482. The molecule has 4 atom stereocenters. The van der Waals surface area contributed by atoms with Crippen molar-refractivity contribution in [1.29, 1.82) is 0 Å². The van der Waals surface area contributed by atoms with Gasteiger partial charge in [0, 0.05) is 6.42 Å². The number of unbranched alkanes of at least 4 members (excludes halogenated alkanes) is 14. The van der Waals surface area contributed by atoms with Crippen LogP contribution >= 0.6 is 7.82 Å². The zero-order chi connectivity index (χ0) is 42.3. The Balaban J connectivity index is 4.58. The van der Waals surface area contributed by atoms with Gasteiger partial charge in [-0.05, 0) is 76.7 Å². The Bertz CT molecular complexity index is 1170. The summed E-state index contributed by atoms with van der Waals surface area (Å²) in [6.45, 7) is 4.33. The number of rotatable bonds is 39. The van der Waals surface area contributed by atoms with Crippen molar-refractivity contribution in [2.75, 3.05) is 47.5 Å². The minimum Gasteiger partial charge on any atom is -0.756 e. The number of nitrogens with zero attached hydrogens (tertiary/aromatic N) is 1. The molecule has 0 heterocycles. The van der Waals surface area contributed by atoms with E-state index in [4.69, 9.17) is 18.5 Å². The average molecular weight is 824 g/mol. The normalized spacial score (nSPS) is 15.5. The molecule has 11 heteroatoms. The maximum Gasteiger partial charge on any atom is 0.305 e. The molecule has 0 radical (unpaired) electrons. The van der Waals surface area contributed by atoms with Crippen molar-refractivity contribution in [2.24, 2.45) is 0 Å². The number of phosphoric ester groups is 1. The lowest BCUT2D eigenvalue weighted by Gasteiger charge is -2.28. The van der Waals surface area contributed by atoms with Crippen molar-refractivity contribution in [3.63, 3.8) is 0 Å². The topological polar surface area (TPSA) is 135 Å². The van der Waals surface area contributed by atoms with Gasteiger partial charge in [-0.15, -0.1) is 0 Å². The van der Waals surface area contributed by atoms with Crippen LogP contribution in [0.4, 0.5) is 0 Å². The molecule has 0 fully saturated rings. The van der Waals surface area contributed by atoms with Gasteiger partial charge in [0.05, 0.1) is 46.2 Å². The first-order valence-corrected chi connectivity index (χ1v) is 23.4. The lowest BCUT2D eigenvalue weighted by atomic mass is 10.1. The first-order chi connectivity index (χ1) is 27.4. The number of aliphatic hydroxyl groups excluding tert-OH is 2. The molecular weight excluding hydrogens is 741 g/mol. The Morgan fingerprint density at radius 3 is 1.81 bits per heavy atom. The summed E-state index contributed by atoms with van der Waals surface area (Å²) >= 11 is 0. The molecule has 0 saturated heterocycles. The van der Waals surface area contributed by atoms with Crippen molar-refractivity contribution < 1.29 is 47.5 Å². The van der Waals surface area contributed by atoms with Gasteiger partial charge in [-0.25, -0.2) is 0 Å². The third-order valence-corrected chi connectivity index (χ3v) is 9.97. The van der Waals surface area contributed by atoms with E-state index in [0.717, 1.165) is 32.1 Å². The molecule has 0 bridgehead atoms. The van der Waals surface area contributed by atoms with Gasteiger partial charge in [-0.2, -0.15) is 0 Å². The molecule has 0 aromatic heterocycles. The molecule has 330 valence electrons. The van der Waals surface area contributed by atoms with Crippen LogP contribution in [-0.4, -0.2) is 86.5 Å². The van der Waals surface area contributed by atoms with E-state index in [1.165, 1.54) is 83.3 Å². The number of aliphatic hydroxyl groups is 2. The van der Waals surface area contributed by atoms with E-state index in [0.29, 0.717) is 30.3 Å². The highest BCUT2D eigenvalue weighted by atomic mass is 31.2. The Kier molecular flexibility index (Phi) is 36.4. The van der Waals surface area contributed by atoms with Crippen LogP contribution in [-0.2, 0) is 27.9 Å². The molecule has 0 aliphatic heterocycles. The number of quaternary nitrogens is 1. The second-order valence-corrected chi connectivity index (χ2v) is 17.2. The fourth-order valence-corrected chi connectivity index (χ4v) is 6.15. The van der Waals surface area contributed by atoms with Crippen molar-refractivity contribution in [2.45, 2.75) is 167 Å². The Morgan fingerprint density at radius 1 is 0.667 bits per heavy atom. The smallest absolute Gasteiger partial charge is 0.305 e. The first kappa shape index (κ1) is 54.7. The van der Waals surface area contributed by atoms with Crippen LogP contribution in [0.25, 0.3) is 0 Å². The second kappa shape index (κ2) is 37.9. The number of esters is 1. The molecule has 0 spiro atoms. The SMILES string of the molecule is CCCCC/C=C\C[C@@H](O)/C=C/C=C/C=C\[C@@H](O)CCCC(=O)OC[C@H](COP(=O)([O-])OCC[N+](C)(C)C)O/C=C/CCCCCC/C=C\CCCCCCCC. The molecule has 0 rings (SSSR count). The maximum absolute atomic E-state index is 12.5. The van der Waals surface area contributed by atoms with Crippen molar-refractivity contribution in [3.8, 4) is 0 Å². The second-order valence-electron chi connectivity index (χ2n) is 15.8. The van der Waals surface area contributed by atoms with Crippen LogP contribution in [0.2, 0.25) is 0 Å². The molecule has 57 heavy (non-hydrogen) atoms. The van der Waals surface area contributed by atoms with E-state index in [1.807, 2.05) is 33.3 Å². The van der Waals surface area contributed by atoms with Crippen LogP contribution in [0.15, 0.2) is 73.1 Å². The quantitative estimate of drug-likeness (QED) is 0.0118. The predicted molar refractivity (Wildman–Crippen MR) is 233 cm³/mol. The van der Waals surface area contributed by atoms with Gasteiger partial charge < -0.3 is 38.1 Å². The van der Waals surface area contributed by atoms with Crippen LogP contribution in [0.5, 0.6) is 0 Å². The largest absolute Gasteiger partial charge is 0.756 e. The molecule has 10 nitrogen and oxygen atoms in total. The molecule has 0 amide bonds. The van der Waals surface area contributed by atoms with Crippen LogP contribution < -0.4 is 4.89 Å². The van der Waals surface area contributed by atoms with Crippen molar-refractivity contribution in [3.05, 3.63) is 73.1 Å². The van der Waals surface area contributed by atoms with E-state index in [1.54, 1.807) is 36.5 Å². The van der Waals surface area contributed by atoms with E-state index < -0.39 is 32.1 Å². The predicted octanol–water partition coefficient (Wildman–Crippen LogP) is 10.4. The molecule has 1 unspecified atom stereocenters. The van der Waals surface area contributed by atoms with Crippen LogP contribution in [0, 0.1) is 0 Å². The monoisotopic (exact) mass is 824 g/mol. The number of carbonyl (C=O) groups excluding carboxylic acids is 1. The summed E-state index contributed by atoms with van der Waals surface area (Å²) in [5, 5.41) is 20.3. The molecule has 2 N–H and O–H groups in total. The molecule has 0 saturated carbocycles. The van der Waals surface area contributed by atoms with E-state index in [2.05, 4.69) is 32.1 Å². The summed E-state index contributed by atoms with van der Waals surface area (Å²) in [6, 6.07) is 0. The Labute approximate surface area is 348 Å². The zero-order valence-corrected chi connectivity index (χ0v) is 37.4. The highest BCUT2D eigenvalue weighted by molar-refractivity contribution is 7.45. The summed E-state index contributed by atoms with van der Waals surface area (Å²) in [7, 11) is 1.21. The maximum atomic E-state index is 12.5. The molecule has 0 aliphatic rings. The number of ether oxygens (including phenoxy) is 2. The van der Waals surface area contributed by atoms with E-state index in [9.17, 15) is 24.5 Å². The average Bonchev–Trinajstić information content (AvgIpc) is 3.15. The summed E-state index contributed by atoms with van der Waals surface area (Å²) < 4.78 is 34.1. The molecule has 0 aromatic rings. The number of carbonyl (C=O) groups is 1. The van der Waals surface area contributed by atoms with Gasteiger partial charge in [0.25, 0.3) is 7.82 Å². The van der Waals surface area contributed by atoms with Gasteiger partial charge in [-0.1, -0.05) is 132 Å². The van der Waals surface area contributed by atoms with Gasteiger partial charge in [-0.3, -0.25) is 9.36 Å². The minimum atomic E-state index is -4.58. The minimum absolute atomic E-state index is 0.0178. The fraction of sp³-hybridized carbons (Fsp3) is 0.717. The highest BCUT2D eigenvalue weighted by Crippen LogP contribution is 2.38. The summed E-state index contributed by atoms with van der Waals surface area (Å²) in [4.78, 5) is 24.8. The Morgan fingerprint density at radius 2 is 1.19 bits per heavy atom. The molecular formula is C46H82NO9P. The number of phosphoric acid groups is 1. The van der Waals surface area contributed by atoms with Crippen molar-refractivity contribution >= 4 is 13.8 Å². The lowest BCUT2D eigenvalue weighted by molar-refractivity contribution is -0.870. The highest BCUT2D eigenvalue weighted by Gasteiger charge is 2.19. The fourth-order valence-electron chi connectivity index (χ4n) is 5.42. The first-order valence-electron chi connectivity index (χ1n) is 21.9. The van der Waals surface area contributed by atoms with Gasteiger partial charge in [0.2, 0.25) is 0 Å². The van der Waals surface area contributed by atoms with E-state index in [-0.39, 0.29) is 26.2 Å². The van der Waals surface area contributed by atoms with Crippen LogP contribution in [0.1, 0.15) is 149 Å². The van der Waals surface area contributed by atoms with Gasteiger partial charge in [0.15, 0.2) is 6.10 Å². The van der Waals surface area contributed by atoms with Crippen molar-refractivity contribution in [1.82, 2.24) is 0 Å². The summed E-state index contributed by atoms with van der Waals surface area (Å²) in [5.41, 5.74) is 0. The van der Waals surface area contributed by atoms with E-state index >= 15 is 0 Å². The number of likely N-dealkylation sites (N-methyl/N-ethyl adjacent to an activating group) is 1. The third kappa shape index (κ3) is 41.7. The van der Waals surface area contributed by atoms with Gasteiger partial charge >= 0.3 is 5.97 Å². The Hall–Kier alpha value is -2.30. The third-order valence-electron chi connectivity index (χ3n) is 9.01. The standard InChI is InChI=1S/C46H82NO9P/c1-6-8-10-12-14-15-16-17-18-19-20-21-22-23-27-31-39-53-45(42-56-57(51,52)55-40-38-47(3,4)5)41-54-46(50)37-32-36-44(49)35-30-26-25-29-34-43(48)33-28-24-13-11-9-7-2/h17-18,24-26,28-31,34-35,39,43-45,48-49H,6-16,19-23,27,32-33,36-38,40-42H2,1-5H3/b18-17-,26-25+,28-24-,34-29+,35-30-,39-31+/t43-,44-,45-/m1/s1. The van der Waals surface area contributed by atoms with Gasteiger partial charge in [0.1, 0.15) is 19.8 Å². The lowest BCUT2D eigenvalue weighted by Crippen LogP contribution is -2.37. The van der Waals surface area contributed by atoms with Crippen LogP contribution in [0.3, 0.4) is 0 Å². The zero-order valence-electron chi connectivity index (χ0n) is 36.5. The summed E-state index contributed by atoms with van der Waals surface area (Å²) in [6.07, 6.45) is 42.1. The number of hydrogen-bond acceptors (Lipinski definition) is 9. The molecule has 0 aliphatic carbocycles. The number of hydrogen-bond donors (Lipinski definition) is 2. The molecule has 0 aromatic carbocycles. The number of allylic oxidation sites excluding steroid dienone is 8.